The average Bonchev–Trinajstić information content (AvgIpc) is 2.39. The molecule has 1 aromatic heterocycles. The second kappa shape index (κ2) is 6.32. The predicted molar refractivity (Wildman–Crippen MR) is 83.5 cm³/mol. The van der Waals surface area contributed by atoms with E-state index in [2.05, 4.69) is 10.9 Å². The molecule has 1 heterocycles. The maximum Gasteiger partial charge on any atom is 0.163 e. The summed E-state index contributed by atoms with van der Waals surface area (Å²) in [5.74, 6) is 3.13. The highest BCUT2D eigenvalue weighted by atomic mass is 35.5. The van der Waals surface area contributed by atoms with Gasteiger partial charge in [-0.15, -0.1) is 6.42 Å². The van der Waals surface area contributed by atoms with Crippen LogP contribution >= 0.6 is 23.2 Å². The van der Waals surface area contributed by atoms with Crippen molar-refractivity contribution >= 4 is 34.1 Å². The number of nitrogens with zero attached hydrogens (tertiary/aromatic N) is 2. The molecular weight excluding hydrogens is 295 g/mol. The van der Waals surface area contributed by atoms with Crippen molar-refractivity contribution in [1.82, 2.24) is 9.88 Å². The number of aromatic nitrogens is 1. The van der Waals surface area contributed by atoms with Gasteiger partial charge in [0.15, 0.2) is 5.75 Å². The summed E-state index contributed by atoms with van der Waals surface area (Å²) in [6, 6.07) is 5.51. The molecule has 0 atom stereocenters. The van der Waals surface area contributed by atoms with Gasteiger partial charge in [-0.1, -0.05) is 29.1 Å². The second-order valence-electron chi connectivity index (χ2n) is 4.45. The molecule has 0 aliphatic heterocycles. The van der Waals surface area contributed by atoms with Gasteiger partial charge in [0, 0.05) is 11.9 Å². The van der Waals surface area contributed by atoms with Gasteiger partial charge in [0.25, 0.3) is 0 Å². The van der Waals surface area contributed by atoms with Crippen molar-refractivity contribution in [3.05, 3.63) is 33.9 Å². The van der Waals surface area contributed by atoms with Gasteiger partial charge in [0.1, 0.15) is 5.52 Å². The zero-order valence-corrected chi connectivity index (χ0v) is 12.8. The summed E-state index contributed by atoms with van der Waals surface area (Å²) in [5, 5.41) is 1.82. The first-order valence-electron chi connectivity index (χ1n) is 6.00. The Hall–Kier alpha value is -1.47. The van der Waals surface area contributed by atoms with E-state index in [-0.39, 0.29) is 0 Å². The van der Waals surface area contributed by atoms with Gasteiger partial charge in [-0.25, -0.2) is 4.98 Å². The molecule has 0 saturated carbocycles. The first-order valence-corrected chi connectivity index (χ1v) is 6.76. The Morgan fingerprint density at radius 1 is 1.35 bits per heavy atom. The SMILES string of the molecule is C#CCN(C)Cc1ccc2c(Cl)cc(Cl)c(OC)c2n1. The fourth-order valence-corrected chi connectivity index (χ4v) is 2.60. The number of hydrogen-bond acceptors (Lipinski definition) is 3. The van der Waals surface area contributed by atoms with Crippen LogP contribution in [0.4, 0.5) is 0 Å². The van der Waals surface area contributed by atoms with Crippen molar-refractivity contribution < 1.29 is 4.74 Å². The maximum absolute atomic E-state index is 6.18. The van der Waals surface area contributed by atoms with Gasteiger partial charge in [0.2, 0.25) is 0 Å². The summed E-state index contributed by atoms with van der Waals surface area (Å²) >= 11 is 12.3. The van der Waals surface area contributed by atoms with Crippen LogP contribution in [-0.4, -0.2) is 30.6 Å². The summed E-state index contributed by atoms with van der Waals surface area (Å²) in [5.41, 5.74) is 1.54. The van der Waals surface area contributed by atoms with E-state index in [4.69, 9.17) is 34.4 Å². The van der Waals surface area contributed by atoms with Crippen LogP contribution < -0.4 is 4.74 Å². The van der Waals surface area contributed by atoms with Crippen LogP contribution in [0.1, 0.15) is 5.69 Å². The quantitative estimate of drug-likeness (QED) is 0.807. The van der Waals surface area contributed by atoms with E-state index in [1.165, 1.54) is 0 Å². The number of pyridine rings is 1. The molecule has 3 nitrogen and oxygen atoms in total. The first-order chi connectivity index (χ1) is 9.56. The second-order valence-corrected chi connectivity index (χ2v) is 5.26. The molecule has 0 N–H and O–H groups in total. The van der Waals surface area contributed by atoms with E-state index in [0.29, 0.717) is 34.4 Å². The maximum atomic E-state index is 6.18. The Balaban J connectivity index is 2.50. The Morgan fingerprint density at radius 2 is 2.10 bits per heavy atom. The molecule has 0 unspecified atom stereocenters. The van der Waals surface area contributed by atoms with Gasteiger partial charge < -0.3 is 4.74 Å². The first kappa shape index (κ1) is 14.9. The molecule has 20 heavy (non-hydrogen) atoms. The normalized spacial score (nSPS) is 10.8. The molecule has 0 spiro atoms. The number of fused-ring (bicyclic) bond motifs is 1. The van der Waals surface area contributed by atoms with E-state index in [1.54, 1.807) is 13.2 Å². The molecule has 1 aromatic carbocycles. The zero-order chi connectivity index (χ0) is 14.7. The topological polar surface area (TPSA) is 25.4 Å². The lowest BCUT2D eigenvalue weighted by Gasteiger charge is -2.14. The molecule has 0 fully saturated rings. The third-order valence-corrected chi connectivity index (χ3v) is 3.49. The molecule has 0 radical (unpaired) electrons. The Morgan fingerprint density at radius 3 is 2.75 bits per heavy atom. The molecule has 2 rings (SSSR count). The number of ether oxygens (including phenoxy) is 1. The van der Waals surface area contributed by atoms with Crippen molar-refractivity contribution in [3.63, 3.8) is 0 Å². The molecule has 0 saturated heterocycles. The van der Waals surface area contributed by atoms with Gasteiger partial charge >= 0.3 is 0 Å². The van der Waals surface area contributed by atoms with Crippen LogP contribution in [0.15, 0.2) is 18.2 Å². The zero-order valence-electron chi connectivity index (χ0n) is 11.3. The number of benzene rings is 1. The summed E-state index contributed by atoms with van der Waals surface area (Å²) < 4.78 is 5.32. The Kier molecular flexibility index (Phi) is 4.72. The lowest BCUT2D eigenvalue weighted by Crippen LogP contribution is -2.18. The van der Waals surface area contributed by atoms with Gasteiger partial charge in [-0.3, -0.25) is 4.90 Å². The van der Waals surface area contributed by atoms with E-state index >= 15 is 0 Å². The fraction of sp³-hybridized carbons (Fsp3) is 0.267. The molecule has 0 aliphatic rings. The molecule has 104 valence electrons. The molecule has 0 amide bonds. The summed E-state index contributed by atoms with van der Waals surface area (Å²) in [6.45, 7) is 1.21. The third-order valence-electron chi connectivity index (χ3n) is 2.89. The molecule has 5 heteroatoms. The van der Waals surface area contributed by atoms with E-state index in [1.807, 2.05) is 24.1 Å². The van der Waals surface area contributed by atoms with Crippen LogP contribution in [0.2, 0.25) is 10.0 Å². The Labute approximate surface area is 128 Å². The summed E-state index contributed by atoms with van der Waals surface area (Å²) in [7, 11) is 3.50. The number of methoxy groups -OCH3 is 1. The van der Waals surface area contributed by atoms with Crippen molar-refractivity contribution in [2.75, 3.05) is 20.7 Å². The average molecular weight is 309 g/mol. The third kappa shape index (κ3) is 2.99. The van der Waals surface area contributed by atoms with Crippen molar-refractivity contribution in [2.45, 2.75) is 6.54 Å². The van der Waals surface area contributed by atoms with Crippen LogP contribution in [-0.2, 0) is 6.54 Å². The van der Waals surface area contributed by atoms with Crippen LogP contribution in [0.5, 0.6) is 5.75 Å². The van der Waals surface area contributed by atoms with Crippen LogP contribution in [0.3, 0.4) is 0 Å². The minimum Gasteiger partial charge on any atom is -0.493 e. The molecule has 0 aliphatic carbocycles. The summed E-state index contributed by atoms with van der Waals surface area (Å²) in [4.78, 5) is 6.58. The standard InChI is InChI=1S/C15H14Cl2N2O/c1-4-7-19(2)9-10-5-6-11-12(16)8-13(17)15(20-3)14(11)18-10/h1,5-6,8H,7,9H2,2-3H3. The minimum absolute atomic E-state index is 0.451. The largest absolute Gasteiger partial charge is 0.493 e. The highest BCUT2D eigenvalue weighted by molar-refractivity contribution is 6.39. The smallest absolute Gasteiger partial charge is 0.163 e. The van der Waals surface area contributed by atoms with E-state index in [0.717, 1.165) is 11.1 Å². The van der Waals surface area contributed by atoms with Crippen LogP contribution in [0, 0.1) is 12.3 Å². The lowest BCUT2D eigenvalue weighted by molar-refractivity contribution is 0.364. The number of halogens is 2. The number of rotatable bonds is 4. The van der Waals surface area contributed by atoms with Gasteiger partial charge in [-0.2, -0.15) is 0 Å². The molecule has 2 aromatic rings. The number of hydrogen-bond donors (Lipinski definition) is 0. The van der Waals surface area contributed by atoms with Crippen molar-refractivity contribution in [3.8, 4) is 18.1 Å². The summed E-state index contributed by atoms with van der Waals surface area (Å²) in [6.07, 6.45) is 5.29. The highest BCUT2D eigenvalue weighted by Gasteiger charge is 2.13. The minimum atomic E-state index is 0.451. The van der Waals surface area contributed by atoms with E-state index < -0.39 is 0 Å². The Bertz CT molecular complexity index is 680. The van der Waals surface area contributed by atoms with E-state index in [9.17, 15) is 0 Å². The van der Waals surface area contributed by atoms with Crippen molar-refractivity contribution in [2.24, 2.45) is 0 Å². The predicted octanol–water partition coefficient (Wildman–Crippen LogP) is 3.62. The number of terminal acetylenes is 1. The van der Waals surface area contributed by atoms with Gasteiger partial charge in [0.05, 0.1) is 29.4 Å². The molecular formula is C15H14Cl2N2O. The van der Waals surface area contributed by atoms with Crippen molar-refractivity contribution in [1.29, 1.82) is 0 Å². The fourth-order valence-electron chi connectivity index (χ4n) is 2.00. The lowest BCUT2D eigenvalue weighted by atomic mass is 10.2. The van der Waals surface area contributed by atoms with Gasteiger partial charge in [-0.05, 0) is 25.2 Å². The molecule has 0 bridgehead atoms. The highest BCUT2D eigenvalue weighted by Crippen LogP contribution is 2.37. The monoisotopic (exact) mass is 308 g/mol. The van der Waals surface area contributed by atoms with Crippen LogP contribution in [0.25, 0.3) is 10.9 Å².